The smallest absolute Gasteiger partial charge is 0.251 e. The van der Waals surface area contributed by atoms with E-state index in [2.05, 4.69) is 64.0 Å². The third kappa shape index (κ3) is 4.12. The summed E-state index contributed by atoms with van der Waals surface area (Å²) in [6, 6.07) is 16.6. The summed E-state index contributed by atoms with van der Waals surface area (Å²) in [6.45, 7) is 4.88. The number of nitrogens with zero attached hydrogens (tertiary/aromatic N) is 1. The quantitative estimate of drug-likeness (QED) is 0.769. The van der Waals surface area contributed by atoms with Crippen molar-refractivity contribution in [3.05, 3.63) is 68.8 Å². The van der Waals surface area contributed by atoms with Crippen LogP contribution in [0.4, 0.5) is 0 Å². The molecule has 1 N–H and O–H groups in total. The number of halogens is 1. The second-order valence-electron chi connectivity index (χ2n) is 6.06. The fourth-order valence-corrected chi connectivity index (χ4v) is 3.33. The molecule has 0 saturated carbocycles. The van der Waals surface area contributed by atoms with E-state index in [4.69, 9.17) is 0 Å². The lowest BCUT2D eigenvalue weighted by Gasteiger charge is -2.33. The van der Waals surface area contributed by atoms with Gasteiger partial charge in [-0.3, -0.25) is 9.69 Å². The van der Waals surface area contributed by atoms with E-state index in [-0.39, 0.29) is 5.91 Å². The minimum absolute atomic E-state index is 0.00524. The monoisotopic (exact) mass is 420 g/mol. The van der Waals surface area contributed by atoms with Gasteiger partial charge in [-0.2, -0.15) is 0 Å². The van der Waals surface area contributed by atoms with Crippen molar-refractivity contribution >= 4 is 28.5 Å². The largest absolute Gasteiger partial charge is 0.350 e. The third-order valence-corrected chi connectivity index (χ3v) is 5.17. The van der Waals surface area contributed by atoms with E-state index in [1.807, 2.05) is 24.3 Å². The molecule has 0 fully saturated rings. The number of amides is 1. The van der Waals surface area contributed by atoms with Gasteiger partial charge in [0.2, 0.25) is 0 Å². The van der Waals surface area contributed by atoms with Gasteiger partial charge in [-0.1, -0.05) is 24.3 Å². The van der Waals surface area contributed by atoms with Crippen molar-refractivity contribution in [1.29, 1.82) is 0 Å². The van der Waals surface area contributed by atoms with E-state index < -0.39 is 0 Å². The number of hydrogen-bond donors (Lipinski definition) is 1. The van der Waals surface area contributed by atoms with E-state index in [0.717, 1.165) is 28.6 Å². The first kappa shape index (κ1) is 16.5. The van der Waals surface area contributed by atoms with E-state index in [1.165, 1.54) is 11.1 Å². The van der Waals surface area contributed by atoms with Crippen LogP contribution in [0.3, 0.4) is 0 Å². The number of nitrogens with one attached hydrogen (secondary N) is 1. The molecule has 1 aliphatic heterocycles. The minimum atomic E-state index is 0.00524. The van der Waals surface area contributed by atoms with E-state index in [9.17, 15) is 4.79 Å². The number of rotatable bonds is 4. The average Bonchev–Trinajstić information content (AvgIpc) is 2.59. The highest BCUT2D eigenvalue weighted by atomic mass is 127. The van der Waals surface area contributed by atoms with E-state index in [0.29, 0.717) is 12.6 Å². The first-order chi connectivity index (χ1) is 11.1. The molecule has 3 nitrogen and oxygen atoms in total. The summed E-state index contributed by atoms with van der Waals surface area (Å²) >= 11 is 2.24. The van der Waals surface area contributed by atoms with Gasteiger partial charge >= 0.3 is 0 Å². The van der Waals surface area contributed by atoms with Gasteiger partial charge in [0.25, 0.3) is 5.91 Å². The first-order valence-corrected chi connectivity index (χ1v) is 9.06. The molecule has 1 amide bonds. The Morgan fingerprint density at radius 1 is 1.17 bits per heavy atom. The summed E-state index contributed by atoms with van der Waals surface area (Å²) in [5.41, 5.74) is 3.59. The zero-order valence-corrected chi connectivity index (χ0v) is 15.4. The predicted molar refractivity (Wildman–Crippen MR) is 102 cm³/mol. The second kappa shape index (κ2) is 7.45. The number of fused-ring (bicyclic) bond motifs is 1. The second-order valence-corrected chi connectivity index (χ2v) is 7.30. The van der Waals surface area contributed by atoms with Gasteiger partial charge in [0.1, 0.15) is 0 Å². The van der Waals surface area contributed by atoms with Crippen LogP contribution in [0.15, 0.2) is 48.5 Å². The standard InChI is InChI=1S/C19H21IN2O/c1-14(12-21-19(23)16-6-8-18(20)9-7-16)22-11-10-15-4-2-3-5-17(15)13-22/h2-9,14H,10-13H2,1H3,(H,21,23). The van der Waals surface area contributed by atoms with Gasteiger partial charge in [0.15, 0.2) is 0 Å². The van der Waals surface area contributed by atoms with Gasteiger partial charge in [0, 0.05) is 34.8 Å². The Labute approximate surface area is 151 Å². The molecule has 0 saturated heterocycles. The molecular weight excluding hydrogens is 399 g/mol. The molecule has 1 atom stereocenters. The minimum Gasteiger partial charge on any atom is -0.350 e. The van der Waals surface area contributed by atoms with Crippen molar-refractivity contribution in [2.75, 3.05) is 13.1 Å². The molecule has 2 aromatic carbocycles. The molecule has 3 rings (SSSR count). The predicted octanol–water partition coefficient (Wildman–Crippen LogP) is 3.47. The maximum atomic E-state index is 12.2. The summed E-state index contributed by atoms with van der Waals surface area (Å²) in [6.07, 6.45) is 1.09. The SMILES string of the molecule is CC(CNC(=O)c1ccc(I)cc1)N1CCc2ccccc2C1. The highest BCUT2D eigenvalue weighted by molar-refractivity contribution is 14.1. The summed E-state index contributed by atoms with van der Waals surface area (Å²) < 4.78 is 1.14. The molecule has 0 aromatic heterocycles. The maximum Gasteiger partial charge on any atom is 0.251 e. The molecular formula is C19H21IN2O. The highest BCUT2D eigenvalue weighted by Crippen LogP contribution is 2.20. The third-order valence-electron chi connectivity index (χ3n) is 4.45. The Bertz CT molecular complexity index is 684. The number of carbonyl (C=O) groups is 1. The molecule has 23 heavy (non-hydrogen) atoms. The highest BCUT2D eigenvalue weighted by Gasteiger charge is 2.20. The normalized spacial score (nSPS) is 15.7. The van der Waals surface area contributed by atoms with Crippen LogP contribution in [0.2, 0.25) is 0 Å². The molecule has 0 radical (unpaired) electrons. The fraction of sp³-hybridized carbons (Fsp3) is 0.316. The summed E-state index contributed by atoms with van der Waals surface area (Å²) in [5, 5.41) is 3.06. The number of carbonyl (C=O) groups excluding carboxylic acids is 1. The van der Waals surface area contributed by atoms with Crippen molar-refractivity contribution in [3.63, 3.8) is 0 Å². The van der Waals surface area contributed by atoms with Crippen LogP contribution < -0.4 is 5.32 Å². The molecule has 0 spiro atoms. The topological polar surface area (TPSA) is 32.3 Å². The van der Waals surface area contributed by atoms with Crippen molar-refractivity contribution in [3.8, 4) is 0 Å². The number of hydrogen-bond acceptors (Lipinski definition) is 2. The molecule has 1 heterocycles. The Morgan fingerprint density at radius 3 is 2.61 bits per heavy atom. The lowest BCUT2D eigenvalue weighted by molar-refractivity contribution is 0.0932. The Kier molecular flexibility index (Phi) is 5.33. The van der Waals surface area contributed by atoms with Crippen LogP contribution in [0, 0.1) is 3.57 Å². The van der Waals surface area contributed by atoms with Gasteiger partial charge in [0.05, 0.1) is 0 Å². The Balaban J connectivity index is 1.55. The fourth-order valence-electron chi connectivity index (χ4n) is 2.97. The van der Waals surface area contributed by atoms with Crippen molar-refractivity contribution < 1.29 is 4.79 Å². The van der Waals surface area contributed by atoms with E-state index in [1.54, 1.807) is 0 Å². The molecule has 0 bridgehead atoms. The van der Waals surface area contributed by atoms with Crippen LogP contribution >= 0.6 is 22.6 Å². The van der Waals surface area contributed by atoms with E-state index >= 15 is 0 Å². The van der Waals surface area contributed by atoms with Crippen molar-refractivity contribution in [1.82, 2.24) is 10.2 Å². The maximum absolute atomic E-state index is 12.2. The number of benzene rings is 2. The molecule has 1 aliphatic rings. The molecule has 4 heteroatoms. The zero-order valence-electron chi connectivity index (χ0n) is 13.3. The zero-order chi connectivity index (χ0) is 16.2. The summed E-state index contributed by atoms with van der Waals surface area (Å²) in [5.74, 6) is 0.00524. The van der Waals surface area contributed by atoms with Crippen LogP contribution in [0.5, 0.6) is 0 Å². The van der Waals surface area contributed by atoms with Crippen molar-refractivity contribution in [2.45, 2.75) is 25.9 Å². The average molecular weight is 420 g/mol. The van der Waals surface area contributed by atoms with Crippen molar-refractivity contribution in [2.24, 2.45) is 0 Å². The first-order valence-electron chi connectivity index (χ1n) is 7.98. The van der Waals surface area contributed by atoms with Gasteiger partial charge in [-0.05, 0) is 71.3 Å². The molecule has 0 aliphatic carbocycles. The van der Waals surface area contributed by atoms with Crippen LogP contribution in [-0.4, -0.2) is 29.9 Å². The Hall–Kier alpha value is -1.40. The lowest BCUT2D eigenvalue weighted by atomic mass is 9.99. The molecule has 120 valence electrons. The van der Waals surface area contributed by atoms with Gasteiger partial charge in [-0.15, -0.1) is 0 Å². The molecule has 2 aromatic rings. The Morgan fingerprint density at radius 2 is 1.87 bits per heavy atom. The summed E-state index contributed by atoms with van der Waals surface area (Å²) in [7, 11) is 0. The van der Waals surface area contributed by atoms with Crippen LogP contribution in [0.25, 0.3) is 0 Å². The summed E-state index contributed by atoms with van der Waals surface area (Å²) in [4.78, 5) is 14.7. The molecule has 1 unspecified atom stereocenters. The lowest BCUT2D eigenvalue weighted by Crippen LogP contribution is -2.44. The van der Waals surface area contributed by atoms with Crippen LogP contribution in [0.1, 0.15) is 28.4 Å². The van der Waals surface area contributed by atoms with Crippen LogP contribution in [-0.2, 0) is 13.0 Å². The van der Waals surface area contributed by atoms with Gasteiger partial charge in [-0.25, -0.2) is 0 Å². The van der Waals surface area contributed by atoms with Gasteiger partial charge < -0.3 is 5.32 Å².